The summed E-state index contributed by atoms with van der Waals surface area (Å²) in [7, 11) is 0. The van der Waals surface area contributed by atoms with Crippen LogP contribution in [0.2, 0.25) is 0 Å². The molecule has 0 aliphatic heterocycles. The summed E-state index contributed by atoms with van der Waals surface area (Å²) in [5.41, 5.74) is 0.798. The van der Waals surface area contributed by atoms with E-state index in [-0.39, 0.29) is 24.1 Å². The summed E-state index contributed by atoms with van der Waals surface area (Å²) < 4.78 is 0. The molecule has 2 rings (SSSR count). The minimum Gasteiger partial charge on any atom is -0.508 e. The topological polar surface area (TPSA) is 86.6 Å². The van der Waals surface area contributed by atoms with E-state index in [9.17, 15) is 9.59 Å². The second-order valence-corrected chi connectivity index (χ2v) is 4.58. The van der Waals surface area contributed by atoms with Crippen molar-refractivity contribution in [2.75, 3.05) is 0 Å². The molecule has 0 spiro atoms. The molecule has 19 heavy (non-hydrogen) atoms. The van der Waals surface area contributed by atoms with Crippen LogP contribution in [-0.4, -0.2) is 28.1 Å². The van der Waals surface area contributed by atoms with Gasteiger partial charge in [0.15, 0.2) is 0 Å². The van der Waals surface area contributed by atoms with E-state index in [1.54, 1.807) is 24.3 Å². The standard InChI is InChI=1S/C14H15NO4/c16-12-5-1-9(2-6-12)7-13(17)15-11-4-3-10(8-11)14(18)19/h1-6,10-11,16H,7-8H2,(H,15,17)(H,18,19). The molecule has 0 saturated carbocycles. The predicted octanol–water partition coefficient (Wildman–Crippen LogP) is 1.08. The number of phenols is 1. The Balaban J connectivity index is 1.84. The molecule has 2 unspecified atom stereocenters. The van der Waals surface area contributed by atoms with Crippen LogP contribution in [0.5, 0.6) is 5.75 Å². The number of nitrogens with one attached hydrogen (secondary N) is 1. The Labute approximate surface area is 110 Å². The molecule has 3 N–H and O–H groups in total. The second-order valence-electron chi connectivity index (χ2n) is 4.58. The summed E-state index contributed by atoms with van der Waals surface area (Å²) in [5.74, 6) is -1.39. The largest absolute Gasteiger partial charge is 0.508 e. The van der Waals surface area contributed by atoms with Crippen LogP contribution in [0.25, 0.3) is 0 Å². The highest BCUT2D eigenvalue weighted by atomic mass is 16.4. The van der Waals surface area contributed by atoms with Crippen LogP contribution < -0.4 is 5.32 Å². The zero-order valence-corrected chi connectivity index (χ0v) is 10.2. The molecule has 1 aromatic rings. The molecule has 5 heteroatoms. The highest BCUT2D eigenvalue weighted by Gasteiger charge is 2.25. The number of carbonyl (C=O) groups is 2. The SMILES string of the molecule is O=C(Cc1ccc(O)cc1)NC1C=CC(C(=O)O)C1. The summed E-state index contributed by atoms with van der Waals surface area (Å²) in [4.78, 5) is 22.5. The molecule has 0 fully saturated rings. The van der Waals surface area contributed by atoms with Gasteiger partial charge in [0, 0.05) is 6.04 Å². The number of rotatable bonds is 4. The fraction of sp³-hybridized carbons (Fsp3) is 0.286. The number of phenolic OH excluding ortho intramolecular Hbond substituents is 1. The van der Waals surface area contributed by atoms with E-state index in [2.05, 4.69) is 5.32 Å². The summed E-state index contributed by atoms with van der Waals surface area (Å²) >= 11 is 0. The van der Waals surface area contributed by atoms with Crippen molar-refractivity contribution in [2.24, 2.45) is 5.92 Å². The van der Waals surface area contributed by atoms with Crippen LogP contribution in [0.15, 0.2) is 36.4 Å². The fourth-order valence-corrected chi connectivity index (χ4v) is 2.05. The van der Waals surface area contributed by atoms with Gasteiger partial charge in [-0.15, -0.1) is 0 Å². The number of hydrogen-bond donors (Lipinski definition) is 3. The predicted molar refractivity (Wildman–Crippen MR) is 68.6 cm³/mol. The summed E-state index contributed by atoms with van der Waals surface area (Å²) in [6, 6.07) is 6.20. The normalized spacial score (nSPS) is 21.3. The molecule has 100 valence electrons. The molecule has 1 aliphatic carbocycles. The maximum Gasteiger partial charge on any atom is 0.310 e. The first-order valence-corrected chi connectivity index (χ1v) is 6.03. The average molecular weight is 261 g/mol. The Bertz CT molecular complexity index is 507. The number of carboxylic acid groups (broad SMARTS) is 1. The van der Waals surface area contributed by atoms with Gasteiger partial charge in [0.2, 0.25) is 5.91 Å². The highest BCUT2D eigenvalue weighted by molar-refractivity contribution is 5.79. The first-order chi connectivity index (χ1) is 9.04. The smallest absolute Gasteiger partial charge is 0.310 e. The zero-order valence-electron chi connectivity index (χ0n) is 10.2. The van der Waals surface area contributed by atoms with Crippen LogP contribution in [0.3, 0.4) is 0 Å². The maximum atomic E-state index is 11.8. The lowest BCUT2D eigenvalue weighted by Gasteiger charge is -2.12. The molecule has 5 nitrogen and oxygen atoms in total. The van der Waals surface area contributed by atoms with Crippen molar-refractivity contribution >= 4 is 11.9 Å². The third-order valence-corrected chi connectivity index (χ3v) is 3.05. The Kier molecular flexibility index (Phi) is 3.85. The van der Waals surface area contributed by atoms with Crippen LogP contribution in [0, 0.1) is 5.92 Å². The van der Waals surface area contributed by atoms with E-state index in [1.165, 1.54) is 12.1 Å². The van der Waals surface area contributed by atoms with Crippen molar-refractivity contribution < 1.29 is 19.8 Å². The van der Waals surface area contributed by atoms with Crippen LogP contribution in [-0.2, 0) is 16.0 Å². The lowest BCUT2D eigenvalue weighted by Crippen LogP contribution is -2.34. The summed E-state index contributed by atoms with van der Waals surface area (Å²) in [6.07, 6.45) is 3.93. The van der Waals surface area contributed by atoms with E-state index < -0.39 is 11.9 Å². The second kappa shape index (κ2) is 5.56. The minimum atomic E-state index is -0.869. The molecule has 0 saturated heterocycles. The molecular formula is C14H15NO4. The molecule has 0 aromatic heterocycles. The van der Waals surface area contributed by atoms with E-state index in [0.717, 1.165) is 5.56 Å². The van der Waals surface area contributed by atoms with E-state index in [1.807, 2.05) is 0 Å². The molecule has 2 atom stereocenters. The number of aliphatic carboxylic acids is 1. The van der Waals surface area contributed by atoms with Crippen molar-refractivity contribution in [3.63, 3.8) is 0 Å². The van der Waals surface area contributed by atoms with Crippen molar-refractivity contribution in [3.8, 4) is 5.75 Å². The van der Waals surface area contributed by atoms with Crippen LogP contribution in [0.1, 0.15) is 12.0 Å². The van der Waals surface area contributed by atoms with Gasteiger partial charge in [0.1, 0.15) is 5.75 Å². The van der Waals surface area contributed by atoms with Crippen LogP contribution >= 0.6 is 0 Å². The van der Waals surface area contributed by atoms with Crippen molar-refractivity contribution in [2.45, 2.75) is 18.9 Å². The molecular weight excluding hydrogens is 246 g/mol. The van der Waals surface area contributed by atoms with Gasteiger partial charge in [0.25, 0.3) is 0 Å². The molecule has 1 aliphatic rings. The lowest BCUT2D eigenvalue weighted by molar-refractivity contribution is -0.140. The molecule has 0 radical (unpaired) electrons. The van der Waals surface area contributed by atoms with Gasteiger partial charge < -0.3 is 15.5 Å². The summed E-state index contributed by atoms with van der Waals surface area (Å²) in [6.45, 7) is 0. The highest BCUT2D eigenvalue weighted by Crippen LogP contribution is 2.18. The maximum absolute atomic E-state index is 11.8. The lowest BCUT2D eigenvalue weighted by atomic mass is 10.1. The van der Waals surface area contributed by atoms with Crippen molar-refractivity contribution in [3.05, 3.63) is 42.0 Å². The summed E-state index contributed by atoms with van der Waals surface area (Å²) in [5, 5.41) is 20.8. The Hall–Kier alpha value is -2.30. The van der Waals surface area contributed by atoms with E-state index >= 15 is 0 Å². The average Bonchev–Trinajstić information content (AvgIpc) is 2.80. The third kappa shape index (κ3) is 3.58. The van der Waals surface area contributed by atoms with E-state index in [0.29, 0.717) is 6.42 Å². The number of benzene rings is 1. The van der Waals surface area contributed by atoms with Gasteiger partial charge in [-0.3, -0.25) is 9.59 Å². The zero-order chi connectivity index (χ0) is 13.8. The number of carbonyl (C=O) groups excluding carboxylic acids is 1. The fourth-order valence-electron chi connectivity index (χ4n) is 2.05. The molecule has 1 amide bonds. The molecule has 0 bridgehead atoms. The Morgan fingerprint density at radius 3 is 2.47 bits per heavy atom. The number of carboxylic acids is 1. The first-order valence-electron chi connectivity index (χ1n) is 6.03. The van der Waals surface area contributed by atoms with Gasteiger partial charge in [-0.2, -0.15) is 0 Å². The van der Waals surface area contributed by atoms with Crippen molar-refractivity contribution in [1.29, 1.82) is 0 Å². The van der Waals surface area contributed by atoms with Gasteiger partial charge >= 0.3 is 5.97 Å². The quantitative estimate of drug-likeness (QED) is 0.708. The number of amides is 1. The number of hydrogen-bond acceptors (Lipinski definition) is 3. The monoisotopic (exact) mass is 261 g/mol. The van der Waals surface area contributed by atoms with Crippen LogP contribution in [0.4, 0.5) is 0 Å². The van der Waals surface area contributed by atoms with Crippen molar-refractivity contribution in [1.82, 2.24) is 5.32 Å². The Morgan fingerprint density at radius 1 is 1.21 bits per heavy atom. The molecule has 1 aromatic carbocycles. The first kappa shape index (κ1) is 13.1. The minimum absolute atomic E-state index is 0.159. The Morgan fingerprint density at radius 2 is 1.89 bits per heavy atom. The third-order valence-electron chi connectivity index (χ3n) is 3.05. The van der Waals surface area contributed by atoms with Gasteiger partial charge in [-0.05, 0) is 24.1 Å². The van der Waals surface area contributed by atoms with Gasteiger partial charge in [0.05, 0.1) is 12.3 Å². The number of aromatic hydroxyl groups is 1. The van der Waals surface area contributed by atoms with E-state index in [4.69, 9.17) is 10.2 Å². The van der Waals surface area contributed by atoms with Gasteiger partial charge in [-0.1, -0.05) is 24.3 Å². The van der Waals surface area contributed by atoms with Gasteiger partial charge in [-0.25, -0.2) is 0 Å². The molecule has 0 heterocycles.